The number of hydrogen-bond acceptors (Lipinski definition) is 17. The molecular weight excluding hydrogens is 1290 g/mol. The molecule has 1 amide bonds. The van der Waals surface area contributed by atoms with Crippen molar-refractivity contribution in [1.29, 1.82) is 0 Å². The van der Waals surface area contributed by atoms with E-state index in [2.05, 4.69) is 29.8 Å². The molecule has 0 unspecified atom stereocenters. The van der Waals surface area contributed by atoms with Crippen molar-refractivity contribution < 1.29 is 62.9 Å². The van der Waals surface area contributed by atoms with E-state index in [4.69, 9.17) is 31.3 Å². The number of benzene rings is 7. The Hall–Kier alpha value is -12.8. The molecular formula is C82H72FN7O12. The number of ketones is 3. The Balaban J connectivity index is 0.000000172. The first kappa shape index (κ1) is 75.0. The predicted octanol–water partition coefficient (Wildman–Crippen LogP) is 16.9. The Bertz CT molecular complexity index is 4450. The van der Waals surface area contributed by atoms with E-state index in [0.29, 0.717) is 80.2 Å². The average molecular weight is 1370 g/mol. The summed E-state index contributed by atoms with van der Waals surface area (Å²) in [7, 11) is 0. The van der Waals surface area contributed by atoms with Gasteiger partial charge in [0.15, 0.2) is 47.5 Å². The zero-order chi connectivity index (χ0) is 72.0. The first-order valence-corrected chi connectivity index (χ1v) is 31.4. The van der Waals surface area contributed by atoms with Gasteiger partial charge >= 0.3 is 0 Å². The van der Waals surface area contributed by atoms with E-state index in [1.54, 1.807) is 128 Å². The smallest absolute Gasteiger partial charge is 0.252 e. The topological polar surface area (TPSA) is 281 Å². The summed E-state index contributed by atoms with van der Waals surface area (Å²) >= 11 is 0. The number of aryl methyl sites for hydroxylation is 2. The number of halogens is 1. The molecule has 514 valence electrons. The molecule has 0 aliphatic carbocycles. The van der Waals surface area contributed by atoms with Gasteiger partial charge in [0, 0.05) is 34.5 Å². The van der Waals surface area contributed by atoms with Crippen LogP contribution in [0.5, 0.6) is 46.1 Å². The maximum absolute atomic E-state index is 12.9. The minimum Gasteiger partial charge on any atom is -0.457 e. The van der Waals surface area contributed by atoms with Crippen LogP contribution in [-0.2, 0) is 19.2 Å². The lowest BCUT2D eigenvalue weighted by molar-refractivity contribution is -0.126. The maximum Gasteiger partial charge on any atom is 0.252 e. The first-order valence-electron chi connectivity index (χ1n) is 31.4. The van der Waals surface area contributed by atoms with Gasteiger partial charge in [0.25, 0.3) is 5.91 Å². The largest absolute Gasteiger partial charge is 0.457 e. The van der Waals surface area contributed by atoms with Crippen molar-refractivity contribution in [3.05, 3.63) is 312 Å². The number of nitrogens with zero attached hydrogens (tertiary/aromatic N) is 6. The highest BCUT2D eigenvalue weighted by molar-refractivity contribution is 5.83. The van der Waals surface area contributed by atoms with Gasteiger partial charge in [-0.1, -0.05) is 67.6 Å². The van der Waals surface area contributed by atoms with Gasteiger partial charge in [-0.3, -0.25) is 19.2 Å². The third-order valence-corrected chi connectivity index (χ3v) is 14.8. The second kappa shape index (κ2) is 36.2. The second-order valence-corrected chi connectivity index (χ2v) is 22.7. The normalized spacial score (nSPS) is 11.6. The van der Waals surface area contributed by atoms with Crippen molar-refractivity contribution >= 4 is 28.9 Å². The van der Waals surface area contributed by atoms with Crippen LogP contribution in [0.3, 0.4) is 0 Å². The van der Waals surface area contributed by atoms with Crippen LogP contribution in [0.25, 0.3) is 49.9 Å². The number of rotatable bonds is 20. The Labute approximate surface area is 589 Å². The van der Waals surface area contributed by atoms with Crippen molar-refractivity contribution in [3.8, 4) is 91.2 Å². The number of aliphatic hydroxyl groups excluding tert-OH is 4. The van der Waals surface area contributed by atoms with Crippen molar-refractivity contribution in [3.63, 3.8) is 0 Å². The Morgan fingerprint density at radius 1 is 0.382 bits per heavy atom. The number of aliphatic hydroxyl groups is 4. The monoisotopic (exact) mass is 1370 g/mol. The number of aromatic nitrogens is 5. The highest BCUT2D eigenvalue weighted by Gasteiger charge is 2.19. The van der Waals surface area contributed by atoms with Gasteiger partial charge < -0.3 is 45.1 Å². The standard InChI is InChI=1S/C21H19NO3.C20H16FNO3.C20H15N3O3.C20H18N2O3.CH4/c1-14-6-10-17(11-7-14)25-18-12-8-16(9-13-18)19-4-3-5-20(22-19)21(24)15(2)23;1-13(23)20(24)19-4-2-3-18(22-19)14-5-9-16(10-6-14)25-17-11-7-15(21)8-12-17;1-22-14-7-11-16(12-8-14)26-15-9-5-13(6-10-15)17-3-2-4-18(23-17)19(24)20(21)25;1-13-6-11-19(21-12-13)25-16-9-7-15(8-10-16)17-4-3-5-18(22-17)20(24)14(2)23;/h3-13,21,24H,1-2H3;2-12,20,24H,1H3;2-12,19,24H,(H2,21,25);3-12,20,24H,1-2H3;1H4/t21-;20-;19-;20-;/m0010./s1. The minimum absolute atomic E-state index is 0. The van der Waals surface area contributed by atoms with Gasteiger partial charge in [-0.25, -0.2) is 34.2 Å². The number of carbonyl (C=O) groups excluding carboxylic acids is 4. The number of carbonyl (C=O) groups is 4. The molecule has 12 rings (SSSR count). The molecule has 19 nitrogen and oxygen atoms in total. The SMILES string of the molecule is C.CC(=O)[C@H](O)c1cccc(-c2ccc(Oc3ccc(C)cc3)cc2)n1.CC(=O)[C@H](O)c1cccc(-c2ccc(Oc3ccc(C)cn3)cc2)n1.CC(=O)[C@H](O)c1cccc(-c2ccc(Oc3ccc(F)cc3)cc2)n1.[C-]#[N+]c1ccc(Oc2ccc(-c3cccc([C@@H](O)C(N)=O)n3)cc2)cc1. The summed E-state index contributed by atoms with van der Waals surface area (Å²) in [5.41, 5.74) is 15.1. The second-order valence-electron chi connectivity index (χ2n) is 22.7. The number of hydrogen-bond donors (Lipinski definition) is 5. The van der Waals surface area contributed by atoms with Gasteiger partial charge in [0.1, 0.15) is 46.1 Å². The molecule has 0 fully saturated rings. The summed E-state index contributed by atoms with van der Waals surface area (Å²) in [6.07, 6.45) is -3.30. The van der Waals surface area contributed by atoms with Gasteiger partial charge in [-0.05, 0) is 234 Å². The Morgan fingerprint density at radius 3 is 0.941 bits per heavy atom. The number of Topliss-reactive ketones (excluding diaryl/α,β-unsaturated/α-hetero) is 3. The van der Waals surface area contributed by atoms with E-state index in [1.807, 2.05) is 135 Å². The molecule has 7 aromatic carbocycles. The van der Waals surface area contributed by atoms with Gasteiger partial charge in [0.2, 0.25) is 5.88 Å². The van der Waals surface area contributed by atoms with Crippen molar-refractivity contribution in [2.75, 3.05) is 0 Å². The molecule has 0 aliphatic heterocycles. The highest BCUT2D eigenvalue weighted by atomic mass is 19.1. The van der Waals surface area contributed by atoms with Crippen LogP contribution >= 0.6 is 0 Å². The van der Waals surface area contributed by atoms with Gasteiger partial charge in [-0.15, -0.1) is 0 Å². The quantitative estimate of drug-likeness (QED) is 0.0443. The molecule has 4 atom stereocenters. The molecule has 0 bridgehead atoms. The molecule has 12 aromatic rings. The molecule has 0 spiro atoms. The van der Waals surface area contributed by atoms with Crippen LogP contribution in [0, 0.1) is 26.2 Å². The fourth-order valence-electron chi connectivity index (χ4n) is 9.34. The molecule has 0 aliphatic rings. The molecule has 6 N–H and O–H groups in total. The lowest BCUT2D eigenvalue weighted by Gasteiger charge is -2.09. The van der Waals surface area contributed by atoms with Crippen molar-refractivity contribution in [2.24, 2.45) is 5.73 Å². The zero-order valence-electron chi connectivity index (χ0n) is 55.3. The molecule has 5 aromatic heterocycles. The Morgan fingerprint density at radius 2 is 0.657 bits per heavy atom. The summed E-state index contributed by atoms with van der Waals surface area (Å²) in [5.74, 6) is 2.95. The van der Waals surface area contributed by atoms with Crippen molar-refractivity contribution in [2.45, 2.75) is 66.5 Å². The van der Waals surface area contributed by atoms with E-state index in [-0.39, 0.29) is 36.3 Å². The molecule has 20 heteroatoms. The predicted molar refractivity (Wildman–Crippen MR) is 386 cm³/mol. The number of primary amides is 1. The fraction of sp³-hybridized carbons (Fsp3) is 0.122. The molecule has 0 saturated heterocycles. The summed E-state index contributed by atoms with van der Waals surface area (Å²) in [5, 5.41) is 39.3. The van der Waals surface area contributed by atoms with Gasteiger partial charge in [-0.2, -0.15) is 0 Å². The molecule has 0 saturated carbocycles. The zero-order valence-corrected chi connectivity index (χ0v) is 55.3. The molecule has 0 radical (unpaired) electrons. The van der Waals surface area contributed by atoms with Crippen molar-refractivity contribution in [1.82, 2.24) is 24.9 Å². The van der Waals surface area contributed by atoms with Crippen LogP contribution in [0.15, 0.2) is 261 Å². The summed E-state index contributed by atoms with van der Waals surface area (Å²) in [4.78, 5) is 69.9. The lowest BCUT2D eigenvalue weighted by Crippen LogP contribution is -2.21. The number of nitrogens with two attached hydrogens (primary N) is 1. The first-order chi connectivity index (χ1) is 48.6. The van der Waals surface area contributed by atoms with Crippen LogP contribution in [0.1, 0.15) is 86.5 Å². The fourth-order valence-corrected chi connectivity index (χ4v) is 9.34. The lowest BCUT2D eigenvalue weighted by atomic mass is 10.1. The number of ether oxygens (including phenoxy) is 4. The summed E-state index contributed by atoms with van der Waals surface area (Å²) in [6.45, 7) is 14.9. The maximum atomic E-state index is 12.9. The Kier molecular flexibility index (Phi) is 26.6. The van der Waals surface area contributed by atoms with Crippen LogP contribution < -0.4 is 24.7 Å². The van der Waals surface area contributed by atoms with E-state index in [9.17, 15) is 44.0 Å². The van der Waals surface area contributed by atoms with Crippen LogP contribution in [0.2, 0.25) is 0 Å². The minimum atomic E-state index is -1.43. The van der Waals surface area contributed by atoms with E-state index in [1.165, 1.54) is 38.5 Å². The molecule has 5 heterocycles. The van der Waals surface area contributed by atoms with E-state index in [0.717, 1.165) is 39.3 Å². The highest BCUT2D eigenvalue weighted by Crippen LogP contribution is 2.32. The third-order valence-electron chi connectivity index (χ3n) is 14.8. The number of amides is 1. The average Bonchev–Trinajstić information content (AvgIpc) is 0.850. The van der Waals surface area contributed by atoms with E-state index >= 15 is 0 Å². The third kappa shape index (κ3) is 21.6. The number of pyridine rings is 5. The van der Waals surface area contributed by atoms with Gasteiger partial charge in [0.05, 0.1) is 52.1 Å². The van der Waals surface area contributed by atoms with E-state index < -0.39 is 30.3 Å². The van der Waals surface area contributed by atoms with Crippen LogP contribution in [0.4, 0.5) is 10.1 Å². The summed E-state index contributed by atoms with van der Waals surface area (Å²) < 4.78 is 35.8. The molecule has 102 heavy (non-hydrogen) atoms. The summed E-state index contributed by atoms with van der Waals surface area (Å²) in [6, 6.07) is 74.2. The van der Waals surface area contributed by atoms with Crippen LogP contribution in [-0.4, -0.2) is 68.6 Å².